The number of hydrogen-bond acceptors (Lipinski definition) is 5. The van der Waals surface area contributed by atoms with Crippen LogP contribution in [0.5, 0.6) is 0 Å². The molecular weight excluding hydrogens is 332 g/mol. The molecule has 2 fully saturated rings. The Morgan fingerprint density at radius 3 is 2.69 bits per heavy atom. The van der Waals surface area contributed by atoms with Crippen molar-refractivity contribution in [1.82, 2.24) is 10.2 Å². The maximum Gasteiger partial charge on any atom is 0.335 e. The van der Waals surface area contributed by atoms with Gasteiger partial charge in [0.2, 0.25) is 5.91 Å². The summed E-state index contributed by atoms with van der Waals surface area (Å²) < 4.78 is 0. The van der Waals surface area contributed by atoms with Gasteiger partial charge >= 0.3 is 6.03 Å². The molecule has 0 saturated carbocycles. The zero-order valence-electron chi connectivity index (χ0n) is 15.0. The molecule has 0 radical (unpaired) electrons. The number of aryl methyl sites for hydroxylation is 1. The number of barbiturate groups is 1. The summed E-state index contributed by atoms with van der Waals surface area (Å²) in [5.41, 5.74) is 1.37. The van der Waals surface area contributed by atoms with E-state index in [0.29, 0.717) is 12.2 Å². The zero-order valence-corrected chi connectivity index (χ0v) is 15.0. The molecule has 1 aromatic carbocycles. The van der Waals surface area contributed by atoms with Gasteiger partial charge in [-0.25, -0.2) is 9.69 Å². The number of benzene rings is 1. The summed E-state index contributed by atoms with van der Waals surface area (Å²) in [6, 6.07) is 6.33. The van der Waals surface area contributed by atoms with Crippen molar-refractivity contribution in [3.05, 3.63) is 29.8 Å². The molecule has 7 nitrogen and oxygen atoms in total. The monoisotopic (exact) mass is 356 g/mol. The molecule has 26 heavy (non-hydrogen) atoms. The number of anilines is 1. The van der Waals surface area contributed by atoms with Crippen LogP contribution in [0.2, 0.25) is 0 Å². The highest BCUT2D eigenvalue weighted by molar-refractivity contribution is 6.32. The molecule has 3 rings (SSSR count). The molecule has 0 aliphatic carbocycles. The van der Waals surface area contributed by atoms with Gasteiger partial charge in [0.15, 0.2) is 5.92 Å². The normalized spacial score (nSPS) is 22.1. The summed E-state index contributed by atoms with van der Waals surface area (Å²) in [4.78, 5) is 44.5. The predicted molar refractivity (Wildman–Crippen MR) is 99.3 cm³/mol. The minimum Gasteiger partial charge on any atom is -0.302 e. The maximum absolute atomic E-state index is 12.7. The van der Waals surface area contributed by atoms with Gasteiger partial charge in [0.1, 0.15) is 0 Å². The van der Waals surface area contributed by atoms with Crippen molar-refractivity contribution < 1.29 is 14.4 Å². The van der Waals surface area contributed by atoms with Crippen molar-refractivity contribution >= 4 is 29.7 Å². The van der Waals surface area contributed by atoms with Crippen LogP contribution in [0.1, 0.15) is 24.8 Å². The third-order valence-electron chi connectivity index (χ3n) is 4.71. The predicted octanol–water partition coefficient (Wildman–Crippen LogP) is 1.75. The number of nitrogens with zero attached hydrogens (tertiary/aromatic N) is 3. The number of aliphatic imine (C=N–C) groups is 1. The van der Waals surface area contributed by atoms with Gasteiger partial charge in [-0.05, 0) is 50.6 Å². The molecule has 1 aromatic rings. The second-order valence-corrected chi connectivity index (χ2v) is 6.74. The van der Waals surface area contributed by atoms with Crippen LogP contribution in [0.4, 0.5) is 10.5 Å². The van der Waals surface area contributed by atoms with Gasteiger partial charge in [-0.15, -0.1) is 0 Å². The second-order valence-electron chi connectivity index (χ2n) is 6.74. The van der Waals surface area contributed by atoms with E-state index >= 15 is 0 Å². The summed E-state index contributed by atoms with van der Waals surface area (Å²) >= 11 is 0. The van der Waals surface area contributed by atoms with Crippen LogP contribution < -0.4 is 10.2 Å². The first kappa shape index (κ1) is 18.3. The fourth-order valence-corrected chi connectivity index (χ4v) is 3.30. The first-order chi connectivity index (χ1) is 12.6. The van der Waals surface area contributed by atoms with Crippen molar-refractivity contribution in [2.24, 2.45) is 10.9 Å². The van der Waals surface area contributed by atoms with Crippen LogP contribution in [0, 0.1) is 12.8 Å². The molecule has 2 saturated heterocycles. The van der Waals surface area contributed by atoms with Crippen LogP contribution in [0.3, 0.4) is 0 Å². The number of nitrogens with one attached hydrogen (secondary N) is 1. The van der Waals surface area contributed by atoms with E-state index < -0.39 is 23.8 Å². The number of piperidine rings is 1. The number of amides is 4. The highest BCUT2D eigenvalue weighted by atomic mass is 16.2. The molecule has 0 spiro atoms. The molecular formula is C19H24N4O3. The maximum atomic E-state index is 12.7. The van der Waals surface area contributed by atoms with E-state index in [-0.39, 0.29) is 0 Å². The number of carbonyl (C=O) groups excluding carboxylic acids is 3. The lowest BCUT2D eigenvalue weighted by Gasteiger charge is -2.28. The molecule has 4 amide bonds. The largest absolute Gasteiger partial charge is 0.335 e. The van der Waals surface area contributed by atoms with E-state index in [9.17, 15) is 14.4 Å². The Bertz CT molecular complexity index is 725. The van der Waals surface area contributed by atoms with E-state index in [1.165, 1.54) is 25.5 Å². The second kappa shape index (κ2) is 8.23. The van der Waals surface area contributed by atoms with Gasteiger partial charge in [-0.2, -0.15) is 0 Å². The number of rotatable bonds is 5. The Balaban J connectivity index is 1.66. The Labute approximate surface area is 153 Å². The third kappa shape index (κ3) is 4.16. The van der Waals surface area contributed by atoms with Gasteiger partial charge < -0.3 is 4.90 Å². The molecule has 2 aliphatic rings. The minimum absolute atomic E-state index is 0.451. The van der Waals surface area contributed by atoms with E-state index in [1.54, 1.807) is 18.2 Å². The van der Waals surface area contributed by atoms with Crippen molar-refractivity contribution in [3.8, 4) is 0 Å². The lowest BCUT2D eigenvalue weighted by molar-refractivity contribution is -0.131. The molecule has 0 unspecified atom stereocenters. The average Bonchev–Trinajstić information content (AvgIpc) is 2.61. The Hall–Kier alpha value is -2.54. The van der Waals surface area contributed by atoms with E-state index in [1.807, 2.05) is 13.0 Å². The van der Waals surface area contributed by atoms with Gasteiger partial charge in [0, 0.05) is 12.8 Å². The van der Waals surface area contributed by atoms with Crippen molar-refractivity contribution in [2.75, 3.05) is 31.1 Å². The quantitative estimate of drug-likeness (QED) is 0.644. The standard InChI is InChI=1S/C19H24N4O3/c1-14-6-5-7-15(12-14)23-18(25)16(17(24)21-19(23)26)13-20-8-11-22-9-3-2-4-10-22/h5-7,12-13,16H,2-4,8-11H2,1H3,(H,21,24,26)/t16-/m1/s1. The van der Waals surface area contributed by atoms with E-state index in [2.05, 4.69) is 15.2 Å². The molecule has 0 aromatic heterocycles. The van der Waals surface area contributed by atoms with Gasteiger partial charge in [-0.3, -0.25) is 19.9 Å². The SMILES string of the molecule is Cc1cccc(N2C(=O)NC(=O)[C@@H](C=NCCN3CCCCC3)C2=O)c1. The summed E-state index contributed by atoms with van der Waals surface area (Å²) in [5, 5.41) is 2.24. The summed E-state index contributed by atoms with van der Waals surface area (Å²) in [6.07, 6.45) is 5.07. The summed E-state index contributed by atoms with van der Waals surface area (Å²) in [7, 11) is 0. The average molecular weight is 356 g/mol. The van der Waals surface area contributed by atoms with Gasteiger partial charge in [-0.1, -0.05) is 18.6 Å². The van der Waals surface area contributed by atoms with Gasteiger partial charge in [0.05, 0.1) is 12.2 Å². The van der Waals surface area contributed by atoms with Crippen LogP contribution >= 0.6 is 0 Å². The van der Waals surface area contributed by atoms with Crippen molar-refractivity contribution in [1.29, 1.82) is 0 Å². The number of likely N-dealkylation sites (tertiary alicyclic amines) is 1. The number of hydrogen-bond donors (Lipinski definition) is 1. The van der Waals surface area contributed by atoms with E-state index in [0.717, 1.165) is 30.1 Å². The summed E-state index contributed by atoms with van der Waals surface area (Å²) in [6.45, 7) is 5.39. The molecule has 1 atom stereocenters. The Morgan fingerprint density at radius 1 is 1.19 bits per heavy atom. The van der Waals surface area contributed by atoms with Gasteiger partial charge in [0.25, 0.3) is 5.91 Å². The van der Waals surface area contributed by atoms with Crippen molar-refractivity contribution in [2.45, 2.75) is 26.2 Å². The minimum atomic E-state index is -1.07. The molecule has 2 aliphatic heterocycles. The van der Waals surface area contributed by atoms with Crippen LogP contribution in [-0.2, 0) is 9.59 Å². The fraction of sp³-hybridized carbons (Fsp3) is 0.474. The molecule has 2 heterocycles. The summed E-state index contributed by atoms with van der Waals surface area (Å²) in [5.74, 6) is -2.26. The molecule has 0 bridgehead atoms. The first-order valence-electron chi connectivity index (χ1n) is 9.04. The molecule has 1 N–H and O–H groups in total. The molecule has 7 heteroatoms. The van der Waals surface area contributed by atoms with Crippen LogP contribution in [0.25, 0.3) is 0 Å². The van der Waals surface area contributed by atoms with Crippen LogP contribution in [0.15, 0.2) is 29.3 Å². The lowest BCUT2D eigenvalue weighted by Crippen LogP contribution is -2.58. The zero-order chi connectivity index (χ0) is 18.5. The first-order valence-corrected chi connectivity index (χ1v) is 9.04. The highest BCUT2D eigenvalue weighted by Crippen LogP contribution is 2.21. The van der Waals surface area contributed by atoms with E-state index in [4.69, 9.17) is 0 Å². The smallest absolute Gasteiger partial charge is 0.302 e. The number of carbonyl (C=O) groups is 3. The molecule has 138 valence electrons. The lowest BCUT2D eigenvalue weighted by atomic mass is 10.1. The fourth-order valence-electron chi connectivity index (χ4n) is 3.30. The Kier molecular flexibility index (Phi) is 5.78. The number of urea groups is 1. The highest BCUT2D eigenvalue weighted by Gasteiger charge is 2.40. The Morgan fingerprint density at radius 2 is 1.96 bits per heavy atom. The van der Waals surface area contributed by atoms with Crippen molar-refractivity contribution in [3.63, 3.8) is 0 Å². The topological polar surface area (TPSA) is 82.1 Å². The third-order valence-corrected chi connectivity index (χ3v) is 4.71. The number of imide groups is 2. The van der Waals surface area contributed by atoms with Crippen LogP contribution in [-0.4, -0.2) is 55.1 Å².